The van der Waals surface area contributed by atoms with Crippen molar-refractivity contribution in [3.63, 3.8) is 0 Å². The van der Waals surface area contributed by atoms with E-state index in [-0.39, 0.29) is 11.3 Å². The highest BCUT2D eigenvalue weighted by atomic mass is 32.2. The molecule has 0 heterocycles. The summed E-state index contributed by atoms with van der Waals surface area (Å²) in [7, 11) is -4.54. The summed E-state index contributed by atoms with van der Waals surface area (Å²) >= 11 is 0. The third-order valence-electron chi connectivity index (χ3n) is 4.28. The van der Waals surface area contributed by atoms with Crippen LogP contribution >= 0.6 is 0 Å². The smallest absolute Gasteiger partial charge is 0.242 e. The Labute approximate surface area is 176 Å². The highest BCUT2D eigenvalue weighted by Gasteiger charge is 2.22. The number of carbonyl (C=O) groups is 1. The van der Waals surface area contributed by atoms with Crippen molar-refractivity contribution in [1.82, 2.24) is 9.03 Å². The number of halogens is 1. The minimum Gasteiger partial charge on any atom is -0.326 e. The van der Waals surface area contributed by atoms with Crippen molar-refractivity contribution in [2.45, 2.75) is 24.3 Å². The molecule has 30 heavy (non-hydrogen) atoms. The third-order valence-corrected chi connectivity index (χ3v) is 6.80. The van der Waals surface area contributed by atoms with Crippen molar-refractivity contribution in [2.75, 3.05) is 25.7 Å². The lowest BCUT2D eigenvalue weighted by atomic mass is 10.0. The fourth-order valence-electron chi connectivity index (χ4n) is 2.67. The van der Waals surface area contributed by atoms with Gasteiger partial charge in [-0.2, -0.15) is 0 Å². The molecule has 0 radical (unpaired) electrons. The number of nitrogens with zero attached hydrogens (tertiary/aromatic N) is 1. The first-order valence-electron chi connectivity index (χ1n) is 8.85. The van der Waals surface area contributed by atoms with Crippen molar-refractivity contribution in [3.8, 4) is 0 Å². The molecule has 0 spiro atoms. The quantitative estimate of drug-likeness (QED) is 0.630. The standard InChI is InChI=1S/C19H24FN3O5S2/c1-13-5-10-16(30(27,28)23(2)3)11-17(13)21-19(24)12-18(22-29(4,25)26)14-6-8-15(20)9-7-14/h5-11,18,22H,12H2,1-4H3,(H,21,24). The van der Waals surface area contributed by atoms with Crippen LogP contribution in [0.4, 0.5) is 10.1 Å². The van der Waals surface area contributed by atoms with Gasteiger partial charge < -0.3 is 5.32 Å². The Kier molecular flexibility index (Phi) is 7.35. The molecule has 0 aliphatic heterocycles. The van der Waals surface area contributed by atoms with Gasteiger partial charge in [0.2, 0.25) is 26.0 Å². The maximum absolute atomic E-state index is 13.2. The molecule has 0 saturated carbocycles. The van der Waals surface area contributed by atoms with E-state index < -0.39 is 37.8 Å². The third kappa shape index (κ3) is 6.33. The molecule has 0 saturated heterocycles. The second kappa shape index (κ2) is 9.21. The first-order valence-corrected chi connectivity index (χ1v) is 12.2. The molecular weight excluding hydrogens is 433 g/mol. The van der Waals surface area contributed by atoms with Gasteiger partial charge >= 0.3 is 0 Å². The second-order valence-corrected chi connectivity index (χ2v) is 10.9. The maximum atomic E-state index is 13.2. The molecule has 0 aromatic heterocycles. The van der Waals surface area contributed by atoms with E-state index in [1.807, 2.05) is 0 Å². The molecule has 0 aliphatic rings. The molecule has 0 bridgehead atoms. The summed E-state index contributed by atoms with van der Waals surface area (Å²) in [6.07, 6.45) is 0.684. The van der Waals surface area contributed by atoms with Crippen LogP contribution in [0, 0.1) is 12.7 Å². The van der Waals surface area contributed by atoms with Gasteiger partial charge in [-0.1, -0.05) is 18.2 Å². The lowest BCUT2D eigenvalue weighted by Crippen LogP contribution is -2.31. The van der Waals surface area contributed by atoms with Crippen molar-refractivity contribution < 1.29 is 26.0 Å². The Bertz CT molecular complexity index is 1130. The van der Waals surface area contributed by atoms with Crippen LogP contribution in [0.2, 0.25) is 0 Å². The number of carbonyl (C=O) groups excluding carboxylic acids is 1. The lowest BCUT2D eigenvalue weighted by Gasteiger charge is -2.19. The summed E-state index contributed by atoms with van der Waals surface area (Å²) in [5, 5.41) is 2.63. The van der Waals surface area contributed by atoms with Gasteiger partial charge in [-0.25, -0.2) is 30.3 Å². The monoisotopic (exact) mass is 457 g/mol. The zero-order chi connectivity index (χ0) is 22.7. The van der Waals surface area contributed by atoms with E-state index in [1.165, 1.54) is 50.5 Å². The average molecular weight is 458 g/mol. The fourth-order valence-corrected chi connectivity index (χ4v) is 4.34. The maximum Gasteiger partial charge on any atom is 0.242 e. The first kappa shape index (κ1) is 23.9. The minimum atomic E-state index is -3.69. The molecule has 1 amide bonds. The minimum absolute atomic E-state index is 0.0118. The number of hydrogen-bond donors (Lipinski definition) is 2. The van der Waals surface area contributed by atoms with E-state index in [4.69, 9.17) is 0 Å². The van der Waals surface area contributed by atoms with E-state index in [1.54, 1.807) is 13.0 Å². The molecule has 1 unspecified atom stereocenters. The van der Waals surface area contributed by atoms with Gasteiger partial charge in [0.1, 0.15) is 5.82 Å². The molecule has 0 aliphatic carbocycles. The zero-order valence-corrected chi connectivity index (χ0v) is 18.6. The summed E-state index contributed by atoms with van der Waals surface area (Å²) in [6.45, 7) is 1.70. The molecule has 2 aromatic carbocycles. The van der Waals surface area contributed by atoms with Crippen LogP contribution < -0.4 is 10.0 Å². The van der Waals surface area contributed by atoms with E-state index >= 15 is 0 Å². The molecule has 0 fully saturated rings. The Balaban J connectivity index is 2.28. The van der Waals surface area contributed by atoms with Crippen LogP contribution in [0.5, 0.6) is 0 Å². The van der Waals surface area contributed by atoms with Gasteiger partial charge in [0.05, 0.1) is 17.2 Å². The summed E-state index contributed by atoms with van der Waals surface area (Å²) in [6, 6.07) is 8.55. The number of aryl methyl sites for hydroxylation is 1. The topological polar surface area (TPSA) is 113 Å². The summed E-state index contributed by atoms with van der Waals surface area (Å²) < 4.78 is 64.7. The second-order valence-electron chi connectivity index (χ2n) is 7.01. The molecule has 2 rings (SSSR count). The van der Waals surface area contributed by atoms with Gasteiger partial charge in [-0.05, 0) is 42.3 Å². The first-order chi connectivity index (χ1) is 13.8. The number of hydrogen-bond acceptors (Lipinski definition) is 5. The molecule has 11 heteroatoms. The zero-order valence-electron chi connectivity index (χ0n) is 17.0. The van der Waals surface area contributed by atoms with Gasteiger partial charge in [0, 0.05) is 26.2 Å². The number of benzene rings is 2. The predicted molar refractivity (Wildman–Crippen MR) is 112 cm³/mol. The number of nitrogens with one attached hydrogen (secondary N) is 2. The van der Waals surface area contributed by atoms with Crippen LogP contribution in [0.25, 0.3) is 0 Å². The Morgan fingerprint density at radius 2 is 1.67 bits per heavy atom. The summed E-state index contributed by atoms with van der Waals surface area (Å²) in [4.78, 5) is 12.6. The number of rotatable bonds is 8. The van der Waals surface area contributed by atoms with Gasteiger partial charge in [0.25, 0.3) is 0 Å². The Morgan fingerprint density at radius 1 is 1.07 bits per heavy atom. The van der Waals surface area contributed by atoms with E-state index in [0.717, 1.165) is 10.6 Å². The van der Waals surface area contributed by atoms with Crippen LogP contribution in [-0.4, -0.2) is 47.4 Å². The summed E-state index contributed by atoms with van der Waals surface area (Å²) in [5.74, 6) is -1.03. The van der Waals surface area contributed by atoms with Crippen molar-refractivity contribution in [3.05, 3.63) is 59.4 Å². The van der Waals surface area contributed by atoms with Gasteiger partial charge in [0.15, 0.2) is 0 Å². The molecule has 164 valence electrons. The van der Waals surface area contributed by atoms with Crippen molar-refractivity contribution in [1.29, 1.82) is 0 Å². The van der Waals surface area contributed by atoms with E-state index in [2.05, 4.69) is 10.0 Å². The Hall–Kier alpha value is -2.34. The number of amides is 1. The van der Waals surface area contributed by atoms with Gasteiger partial charge in [-0.3, -0.25) is 4.79 Å². The largest absolute Gasteiger partial charge is 0.326 e. The average Bonchev–Trinajstić information content (AvgIpc) is 2.62. The van der Waals surface area contributed by atoms with Crippen molar-refractivity contribution in [2.24, 2.45) is 0 Å². The van der Waals surface area contributed by atoms with Crippen LogP contribution in [0.1, 0.15) is 23.6 Å². The van der Waals surface area contributed by atoms with Crippen molar-refractivity contribution >= 4 is 31.6 Å². The van der Waals surface area contributed by atoms with E-state index in [9.17, 15) is 26.0 Å². The van der Waals surface area contributed by atoms with Crippen LogP contribution in [-0.2, 0) is 24.8 Å². The lowest BCUT2D eigenvalue weighted by molar-refractivity contribution is -0.116. The molecule has 2 aromatic rings. The van der Waals surface area contributed by atoms with Crippen LogP contribution in [0.3, 0.4) is 0 Å². The number of sulfonamides is 2. The highest BCUT2D eigenvalue weighted by Crippen LogP contribution is 2.24. The van der Waals surface area contributed by atoms with Crippen LogP contribution in [0.15, 0.2) is 47.4 Å². The SMILES string of the molecule is Cc1ccc(S(=O)(=O)N(C)C)cc1NC(=O)CC(NS(C)(=O)=O)c1ccc(F)cc1. The Morgan fingerprint density at radius 3 is 2.20 bits per heavy atom. The molecule has 2 N–H and O–H groups in total. The van der Waals surface area contributed by atoms with Gasteiger partial charge in [-0.15, -0.1) is 0 Å². The number of anilines is 1. The molecule has 1 atom stereocenters. The predicted octanol–water partition coefficient (Wildman–Crippen LogP) is 2.00. The molecule has 8 nitrogen and oxygen atoms in total. The van der Waals surface area contributed by atoms with E-state index in [0.29, 0.717) is 16.8 Å². The fraction of sp³-hybridized carbons (Fsp3) is 0.316. The highest BCUT2D eigenvalue weighted by molar-refractivity contribution is 7.89. The summed E-state index contributed by atoms with van der Waals surface area (Å²) in [5.41, 5.74) is 1.34. The normalized spacial score (nSPS) is 13.3. The molecular formula is C19H24FN3O5S2.